The molecule has 0 atom stereocenters. The Kier molecular flexibility index (Phi) is 11.4. The predicted octanol–water partition coefficient (Wildman–Crippen LogP) is 4.03. The summed E-state index contributed by atoms with van der Waals surface area (Å²) < 4.78 is 12.5. The van der Waals surface area contributed by atoms with E-state index in [4.69, 9.17) is 14.2 Å². The fraction of sp³-hybridized carbons (Fsp3) is 0.314. The minimum absolute atomic E-state index is 0. The van der Waals surface area contributed by atoms with Crippen LogP contribution in [0.1, 0.15) is 59.5 Å². The Morgan fingerprint density at radius 1 is 0.909 bits per heavy atom. The number of hydrogen-bond acceptors (Lipinski definition) is 6. The van der Waals surface area contributed by atoms with Crippen molar-refractivity contribution in [1.82, 2.24) is 19.7 Å². The zero-order valence-corrected chi connectivity index (χ0v) is 29.6. The maximum absolute atomic E-state index is 14.1. The van der Waals surface area contributed by atoms with Gasteiger partial charge >= 0.3 is 57.1 Å². The number of aromatic amines is 1. The van der Waals surface area contributed by atoms with Gasteiger partial charge in [0.2, 0.25) is 0 Å². The molecule has 0 aliphatic rings. The van der Waals surface area contributed by atoms with Gasteiger partial charge in [-0.25, -0.2) is 9.78 Å². The van der Waals surface area contributed by atoms with Crippen LogP contribution in [0.15, 0.2) is 86.9 Å². The van der Waals surface area contributed by atoms with Crippen molar-refractivity contribution in [3.05, 3.63) is 111 Å². The van der Waals surface area contributed by atoms with Crippen LogP contribution >= 0.6 is 0 Å². The summed E-state index contributed by atoms with van der Waals surface area (Å²) in [5.74, 6) is 1.36. The van der Waals surface area contributed by atoms with Gasteiger partial charge in [0.15, 0.2) is 5.82 Å². The van der Waals surface area contributed by atoms with E-state index in [1.807, 2.05) is 84.3 Å². The Morgan fingerprint density at radius 3 is 2.16 bits per heavy atom. The summed E-state index contributed by atoms with van der Waals surface area (Å²) in [5, 5.41) is 3.86. The molecule has 9 heteroatoms. The smallest absolute Gasteiger partial charge is 1.00 e. The molecule has 0 bridgehead atoms. The summed E-state index contributed by atoms with van der Waals surface area (Å²) in [6.07, 6.45) is 2.26. The molecule has 2 heterocycles. The Labute approximate surface area is 301 Å². The van der Waals surface area contributed by atoms with Gasteiger partial charge in [-0.2, -0.15) is 0 Å². The van der Waals surface area contributed by atoms with Crippen LogP contribution in [0.3, 0.4) is 0 Å². The molecule has 5 rings (SSSR count). The van der Waals surface area contributed by atoms with E-state index >= 15 is 0 Å². The molecule has 0 spiro atoms. The van der Waals surface area contributed by atoms with Crippen molar-refractivity contribution in [2.45, 2.75) is 60.4 Å². The molecule has 1 N–H and O–H groups in total. The Hall–Kier alpha value is -3.08. The van der Waals surface area contributed by atoms with Crippen molar-refractivity contribution in [2.75, 3.05) is 6.61 Å². The molecule has 2 aromatic heterocycles. The van der Waals surface area contributed by atoms with Crippen LogP contribution in [0, 0.1) is 5.41 Å². The molecule has 5 aromatic rings. The predicted molar refractivity (Wildman–Crippen MR) is 170 cm³/mol. The maximum Gasteiger partial charge on any atom is 1.00 e. The molecule has 224 valence electrons. The van der Waals surface area contributed by atoms with Crippen LogP contribution in [-0.2, 0) is 19.4 Å². The second kappa shape index (κ2) is 14.8. The van der Waals surface area contributed by atoms with Crippen molar-refractivity contribution >= 4 is 0 Å². The number of H-pyrrole nitrogens is 1. The number of hydrogen-bond donors (Lipinski definition) is 1. The molecule has 8 nitrogen and oxygen atoms in total. The molecule has 0 saturated heterocycles. The van der Waals surface area contributed by atoms with Gasteiger partial charge in [0.1, 0.15) is 11.6 Å². The first-order valence-electron chi connectivity index (χ1n) is 14.8. The summed E-state index contributed by atoms with van der Waals surface area (Å²) >= 11 is 0. The molecule has 0 aliphatic carbocycles. The number of ether oxygens (including phenoxy) is 1. The zero-order valence-electron chi connectivity index (χ0n) is 27.4. The molecule has 0 unspecified atom stereocenters. The van der Waals surface area contributed by atoms with Crippen LogP contribution in [0.2, 0.25) is 0 Å². The second-order valence-electron chi connectivity index (χ2n) is 11.9. The first-order valence-corrected chi connectivity index (χ1v) is 14.8. The summed E-state index contributed by atoms with van der Waals surface area (Å²) in [7, 11) is 0. The molecule has 3 aromatic carbocycles. The van der Waals surface area contributed by atoms with Gasteiger partial charge in [-0.15, -0.1) is 0 Å². The number of aryl methyl sites for hydroxylation is 2. The van der Waals surface area contributed by atoms with E-state index in [1.165, 1.54) is 0 Å². The molecular formula is C35H39KN4O4. The van der Waals surface area contributed by atoms with Crippen LogP contribution in [0.5, 0.6) is 5.75 Å². The normalized spacial score (nSPS) is 11.3. The molecule has 0 amide bonds. The van der Waals surface area contributed by atoms with Crippen LogP contribution < -0.4 is 67.4 Å². The SMILES string of the molecule is CCCc1nc(CC)c(-c2ccc(OCC(C)(C)C)cc2)c(=O)n1Cc1ccc(-c2ccccc2-c2noc(=O)[nH]2)cc1.[H-].[K+]. The molecular weight excluding hydrogens is 580 g/mol. The van der Waals surface area contributed by atoms with Gasteiger partial charge in [-0.05, 0) is 52.6 Å². The monoisotopic (exact) mass is 618 g/mol. The molecule has 0 fully saturated rings. The average Bonchev–Trinajstić information content (AvgIpc) is 3.44. The minimum Gasteiger partial charge on any atom is -1.00 e. The van der Waals surface area contributed by atoms with Crippen molar-refractivity contribution in [1.29, 1.82) is 0 Å². The van der Waals surface area contributed by atoms with Gasteiger partial charge in [0.05, 0.1) is 24.4 Å². The third-order valence-electron chi connectivity index (χ3n) is 7.17. The Morgan fingerprint density at radius 2 is 1.57 bits per heavy atom. The summed E-state index contributed by atoms with van der Waals surface area (Å²) in [6, 6.07) is 23.5. The molecule has 0 aliphatic heterocycles. The summed E-state index contributed by atoms with van der Waals surface area (Å²) in [4.78, 5) is 33.3. The van der Waals surface area contributed by atoms with Crippen LogP contribution in [0.4, 0.5) is 0 Å². The molecule has 0 saturated carbocycles. The molecule has 0 radical (unpaired) electrons. The topological polar surface area (TPSA) is 103 Å². The number of nitrogens with one attached hydrogen (secondary N) is 1. The third-order valence-corrected chi connectivity index (χ3v) is 7.17. The largest absolute Gasteiger partial charge is 1.00 e. The average molecular weight is 619 g/mol. The van der Waals surface area contributed by atoms with Crippen molar-refractivity contribution in [3.8, 4) is 39.4 Å². The van der Waals surface area contributed by atoms with Crippen LogP contribution in [0.25, 0.3) is 33.6 Å². The second-order valence-corrected chi connectivity index (χ2v) is 11.9. The van der Waals surface area contributed by atoms with E-state index < -0.39 is 5.76 Å². The Bertz CT molecular complexity index is 1820. The third kappa shape index (κ3) is 7.94. The van der Waals surface area contributed by atoms with Gasteiger partial charge in [0, 0.05) is 12.0 Å². The van der Waals surface area contributed by atoms with E-state index in [1.54, 1.807) is 0 Å². The van der Waals surface area contributed by atoms with E-state index in [-0.39, 0.29) is 63.8 Å². The minimum atomic E-state index is -0.597. The van der Waals surface area contributed by atoms with Gasteiger partial charge in [-0.1, -0.05) is 100 Å². The van der Waals surface area contributed by atoms with E-state index in [2.05, 4.69) is 37.8 Å². The first-order chi connectivity index (χ1) is 20.7. The Balaban J connectivity index is 0.00000276. The first kappa shape index (κ1) is 33.8. The van der Waals surface area contributed by atoms with Crippen molar-refractivity contribution < 1.29 is 62.1 Å². The van der Waals surface area contributed by atoms with Gasteiger partial charge in [-0.3, -0.25) is 18.9 Å². The summed E-state index contributed by atoms with van der Waals surface area (Å²) in [5.41, 5.74) is 5.92. The van der Waals surface area contributed by atoms with Crippen molar-refractivity contribution in [3.63, 3.8) is 0 Å². The fourth-order valence-electron chi connectivity index (χ4n) is 5.05. The van der Waals surface area contributed by atoms with Crippen molar-refractivity contribution in [2.24, 2.45) is 5.41 Å². The van der Waals surface area contributed by atoms with Gasteiger partial charge < -0.3 is 6.16 Å². The summed E-state index contributed by atoms with van der Waals surface area (Å²) in [6.45, 7) is 11.6. The van der Waals surface area contributed by atoms with E-state index in [9.17, 15) is 9.59 Å². The maximum atomic E-state index is 14.1. The number of nitrogens with zero attached hydrogens (tertiary/aromatic N) is 3. The fourth-order valence-corrected chi connectivity index (χ4v) is 5.05. The van der Waals surface area contributed by atoms with Crippen LogP contribution in [-0.4, -0.2) is 26.3 Å². The quantitative estimate of drug-likeness (QED) is 0.237. The van der Waals surface area contributed by atoms with E-state index in [0.717, 1.165) is 51.5 Å². The zero-order chi connectivity index (χ0) is 30.6. The number of benzene rings is 3. The molecule has 44 heavy (non-hydrogen) atoms. The number of aromatic nitrogens is 4. The number of rotatable bonds is 10. The van der Waals surface area contributed by atoms with E-state index in [0.29, 0.717) is 37.4 Å². The standard InChI is InChI=1S/C35H38N4O4.K.H/c1-6-10-30-36-29(7-2)31(25-17-19-26(20-18-25)42-22-35(3,4)5)33(40)39(30)21-23-13-15-24(16-14-23)27-11-8-9-12-28(27)32-37-34(41)43-38-32;;/h8-9,11-20H,6-7,10,21-22H2,1-5H3,(H,37,38,41);;/q;+1;-1. The van der Waals surface area contributed by atoms with Gasteiger partial charge in [0.25, 0.3) is 5.56 Å².